The molecule has 46 heavy (non-hydrogen) atoms. The number of amides is 4. The van der Waals surface area contributed by atoms with Crippen molar-refractivity contribution in [3.63, 3.8) is 0 Å². The van der Waals surface area contributed by atoms with E-state index in [0.717, 1.165) is 14.9 Å². The number of carbonyl (C=O) groups is 5. The number of alkyl carbamates (subject to hydrolysis) is 1. The number of thioether (sulfide) groups is 1. The minimum atomic E-state index is -1.53. The zero-order chi connectivity index (χ0) is 34.2. The van der Waals surface area contributed by atoms with Crippen LogP contribution in [0.15, 0.2) is 59.6 Å². The Hall–Kier alpha value is -4.04. The van der Waals surface area contributed by atoms with Crippen molar-refractivity contribution in [2.24, 2.45) is 4.99 Å². The highest BCUT2D eigenvalue weighted by Gasteiger charge is 2.44. The van der Waals surface area contributed by atoms with Crippen molar-refractivity contribution < 1.29 is 33.4 Å². The lowest BCUT2D eigenvalue weighted by molar-refractivity contribution is -0.155. The van der Waals surface area contributed by atoms with Gasteiger partial charge in [0.25, 0.3) is 5.91 Å². The van der Waals surface area contributed by atoms with E-state index in [0.29, 0.717) is 22.6 Å². The summed E-state index contributed by atoms with van der Waals surface area (Å²) >= 11 is 5.74. The van der Waals surface area contributed by atoms with Gasteiger partial charge in [0.2, 0.25) is 18.0 Å². The van der Waals surface area contributed by atoms with Crippen molar-refractivity contribution in [1.82, 2.24) is 15.2 Å². The molecule has 3 atom stereocenters. The molecule has 3 rings (SSSR count). The molecule has 0 saturated heterocycles. The second-order valence-corrected chi connectivity index (χ2v) is 12.7. The minimum absolute atomic E-state index is 0.110. The van der Waals surface area contributed by atoms with Crippen LogP contribution in [-0.4, -0.2) is 101 Å². The fourth-order valence-corrected chi connectivity index (χ4v) is 5.55. The lowest BCUT2D eigenvalue weighted by Gasteiger charge is -2.40. The van der Waals surface area contributed by atoms with E-state index in [4.69, 9.17) is 14.5 Å². The highest BCUT2D eigenvalue weighted by molar-refractivity contribution is 7.98. The van der Waals surface area contributed by atoms with Gasteiger partial charge in [-0.25, -0.2) is 24.6 Å². The number of nitrogens with zero attached hydrogens (tertiary/aromatic N) is 4. The molecule has 0 aromatic heterocycles. The van der Waals surface area contributed by atoms with Crippen molar-refractivity contribution in [3.8, 4) is 0 Å². The van der Waals surface area contributed by atoms with Gasteiger partial charge in [0.1, 0.15) is 11.6 Å². The molecule has 0 radical (unpaired) electrons. The number of carbonyl (C=O) groups excluding carboxylic acids is 5. The predicted octanol–water partition coefficient (Wildman–Crippen LogP) is 3.54. The number of para-hydroxylation sites is 1. The van der Waals surface area contributed by atoms with E-state index in [9.17, 15) is 24.0 Å². The summed E-state index contributed by atoms with van der Waals surface area (Å²) in [6.07, 6.45) is -0.315. The number of hydrogen-bond donors (Lipinski definition) is 2. The Labute approximate surface area is 279 Å². The van der Waals surface area contributed by atoms with Gasteiger partial charge in [-0.3, -0.25) is 14.4 Å². The quantitative estimate of drug-likeness (QED) is 0.274. The molecule has 0 bridgehead atoms. The Morgan fingerprint density at radius 3 is 2.28 bits per heavy atom. The van der Waals surface area contributed by atoms with E-state index in [-0.39, 0.29) is 17.9 Å². The van der Waals surface area contributed by atoms with Gasteiger partial charge >= 0.3 is 12.1 Å². The number of aliphatic imine (C=N–C) groups is 1. The maximum absolute atomic E-state index is 14.7. The van der Waals surface area contributed by atoms with Crippen molar-refractivity contribution in [2.75, 3.05) is 36.9 Å². The Morgan fingerprint density at radius 1 is 1.09 bits per heavy atom. The molecule has 4 amide bonds. The van der Waals surface area contributed by atoms with Gasteiger partial charge in [-0.1, -0.05) is 48.5 Å². The average Bonchev–Trinajstić information content (AvgIpc) is 3.14. The number of benzodiazepines with no additional fused rings is 1. The van der Waals surface area contributed by atoms with Crippen molar-refractivity contribution in [2.45, 2.75) is 58.0 Å². The molecule has 248 valence electrons. The number of nitrogens with one attached hydrogen (secondary N) is 1. The van der Waals surface area contributed by atoms with E-state index >= 15 is 0 Å². The number of anilines is 1. The molecule has 2 aromatic rings. The number of hydrogen-bond acceptors (Lipinski definition) is 10. The topological polar surface area (TPSA) is 138 Å². The van der Waals surface area contributed by atoms with Gasteiger partial charge in [0.15, 0.2) is 6.04 Å². The fraction of sp³-hybridized carbons (Fsp3) is 0.438. The molecule has 12 nitrogen and oxygen atoms in total. The highest BCUT2D eigenvalue weighted by Crippen LogP contribution is 2.32. The van der Waals surface area contributed by atoms with Crippen LogP contribution in [0, 0.1) is 0 Å². The molecule has 2 aromatic carbocycles. The van der Waals surface area contributed by atoms with Crippen LogP contribution in [-0.2, 0) is 28.7 Å². The zero-order valence-electron chi connectivity index (χ0n) is 27.1. The Balaban J connectivity index is 2.23. The summed E-state index contributed by atoms with van der Waals surface area (Å²) in [6, 6.07) is 13.6. The van der Waals surface area contributed by atoms with E-state index in [1.54, 1.807) is 45.0 Å². The first-order valence-electron chi connectivity index (χ1n) is 14.6. The van der Waals surface area contributed by atoms with E-state index in [1.165, 1.54) is 32.8 Å². The molecule has 1 heterocycles. The van der Waals surface area contributed by atoms with Crippen LogP contribution >= 0.6 is 24.4 Å². The Morgan fingerprint density at radius 2 is 1.72 bits per heavy atom. The van der Waals surface area contributed by atoms with Gasteiger partial charge in [0, 0.05) is 30.9 Å². The first-order valence-corrected chi connectivity index (χ1v) is 16.6. The molecule has 1 aliphatic rings. The number of rotatable bonds is 11. The number of benzene rings is 2. The van der Waals surface area contributed by atoms with E-state index in [1.807, 2.05) is 36.6 Å². The van der Waals surface area contributed by atoms with Gasteiger partial charge < -0.3 is 19.7 Å². The summed E-state index contributed by atoms with van der Waals surface area (Å²) in [4.78, 5) is 73.7. The smallest absolute Gasteiger partial charge is 0.408 e. The highest BCUT2D eigenvalue weighted by atomic mass is 32.2. The number of hydrazine groups is 1. The van der Waals surface area contributed by atoms with Gasteiger partial charge in [0.05, 0.1) is 18.5 Å². The van der Waals surface area contributed by atoms with Crippen LogP contribution in [0.5, 0.6) is 0 Å². The van der Waals surface area contributed by atoms with E-state index < -0.39 is 53.6 Å². The summed E-state index contributed by atoms with van der Waals surface area (Å²) in [6.45, 7) is 6.32. The molecule has 0 spiro atoms. The van der Waals surface area contributed by atoms with Gasteiger partial charge in [-0.2, -0.15) is 24.4 Å². The first-order chi connectivity index (χ1) is 21.7. The summed E-state index contributed by atoms with van der Waals surface area (Å²) in [5.74, 6) is -2.39. The zero-order valence-corrected chi connectivity index (χ0v) is 28.8. The molecule has 1 aliphatic heterocycles. The molecule has 14 heteroatoms. The van der Waals surface area contributed by atoms with Crippen LogP contribution in [0.2, 0.25) is 0 Å². The molecule has 2 unspecified atom stereocenters. The molecule has 0 aliphatic carbocycles. The number of fused-ring (bicyclic) bond motifs is 1. The maximum atomic E-state index is 14.7. The lowest BCUT2D eigenvalue weighted by Crippen LogP contribution is -2.62. The average molecular weight is 672 g/mol. The summed E-state index contributed by atoms with van der Waals surface area (Å²) in [5.41, 5.74) is 0.976. The van der Waals surface area contributed by atoms with Crippen LogP contribution in [0.1, 0.15) is 45.2 Å². The molecule has 1 N–H and O–H groups in total. The molecular formula is C32H41N5O7S2. The standard InChI is InChI=1S/C32H41N5O7S2/c1-20(38)36(25(17-18-46-7)30(41)43-6)37-24-16-12-11-15-22(24)26(21-13-9-8-10-14-21)34-27(29(37)40)35(5)28(39)23(19-45)33-31(42)44-32(2,3)4/h8-16,23,25,27,45H,17-19H2,1-7H3,(H,33,42)/t23?,25-,27?/m0/s1. The predicted molar refractivity (Wildman–Crippen MR) is 181 cm³/mol. The van der Waals surface area contributed by atoms with Crippen LogP contribution in [0.4, 0.5) is 10.5 Å². The number of esters is 1. The largest absolute Gasteiger partial charge is 0.467 e. The van der Waals surface area contributed by atoms with Gasteiger partial charge in [-0.15, -0.1) is 0 Å². The van der Waals surface area contributed by atoms with Crippen molar-refractivity contribution in [3.05, 3.63) is 65.7 Å². The lowest BCUT2D eigenvalue weighted by atomic mass is 10.0. The summed E-state index contributed by atoms with van der Waals surface area (Å²) in [5, 5.41) is 4.71. The van der Waals surface area contributed by atoms with Crippen molar-refractivity contribution in [1.29, 1.82) is 0 Å². The van der Waals surface area contributed by atoms with Crippen LogP contribution in [0.25, 0.3) is 0 Å². The van der Waals surface area contributed by atoms with Crippen LogP contribution in [0.3, 0.4) is 0 Å². The third-order valence-electron chi connectivity index (χ3n) is 6.90. The Kier molecular flexibility index (Phi) is 12.7. The maximum Gasteiger partial charge on any atom is 0.408 e. The third-order valence-corrected chi connectivity index (χ3v) is 7.91. The second-order valence-electron chi connectivity index (χ2n) is 11.4. The molecular weight excluding hydrogens is 631 g/mol. The summed E-state index contributed by atoms with van der Waals surface area (Å²) < 4.78 is 10.4. The van der Waals surface area contributed by atoms with E-state index in [2.05, 4.69) is 17.9 Å². The fourth-order valence-electron chi connectivity index (χ4n) is 4.84. The van der Waals surface area contributed by atoms with Crippen molar-refractivity contribution >= 4 is 65.6 Å². The second kappa shape index (κ2) is 16.0. The first kappa shape index (κ1) is 36.4. The SMILES string of the molecule is COC(=O)[C@H](CCSC)N(C(C)=O)N1C(=O)C(N(C)C(=O)C(CS)NC(=O)OC(C)(C)C)N=C(c2ccccc2)c2ccccc21. The van der Waals surface area contributed by atoms with Crippen LogP contribution < -0.4 is 10.3 Å². The monoisotopic (exact) mass is 671 g/mol. The molecule has 0 saturated carbocycles. The number of likely N-dealkylation sites (N-methyl/N-ethyl adjacent to an activating group) is 1. The number of ether oxygens (including phenoxy) is 2. The molecule has 0 fully saturated rings. The minimum Gasteiger partial charge on any atom is -0.467 e. The summed E-state index contributed by atoms with van der Waals surface area (Å²) in [7, 11) is 2.59. The third kappa shape index (κ3) is 8.60. The Bertz CT molecular complexity index is 1460. The van der Waals surface area contributed by atoms with Gasteiger partial charge in [-0.05, 0) is 45.3 Å². The number of thiol groups is 1. The normalized spacial score (nSPS) is 15.8. The number of methoxy groups -OCH3 is 1.